The van der Waals surface area contributed by atoms with Crippen LogP contribution in [0.5, 0.6) is 0 Å². The van der Waals surface area contributed by atoms with Crippen LogP contribution in [-0.2, 0) is 16.4 Å². The second-order valence-electron chi connectivity index (χ2n) is 7.33. The molecule has 0 unspecified atom stereocenters. The van der Waals surface area contributed by atoms with E-state index >= 15 is 0 Å². The van der Waals surface area contributed by atoms with Crippen LogP contribution in [0.2, 0.25) is 0 Å². The lowest BCUT2D eigenvalue weighted by Gasteiger charge is -2.33. The number of hydrogen-bond acceptors (Lipinski definition) is 6. The van der Waals surface area contributed by atoms with Crippen LogP contribution in [0, 0.1) is 17.0 Å². The Morgan fingerprint density at radius 1 is 1.18 bits per heavy atom. The summed E-state index contributed by atoms with van der Waals surface area (Å²) in [5, 5.41) is 14.4. The van der Waals surface area contributed by atoms with Crippen LogP contribution in [0.4, 0.5) is 11.4 Å². The molecule has 1 fully saturated rings. The van der Waals surface area contributed by atoms with Gasteiger partial charge >= 0.3 is 0 Å². The summed E-state index contributed by atoms with van der Waals surface area (Å²) >= 11 is 0. The first-order valence-corrected chi connectivity index (χ1v) is 11.1. The van der Waals surface area contributed by atoms with E-state index in [4.69, 9.17) is 0 Å². The Labute approximate surface area is 165 Å². The molecule has 7 nitrogen and oxygen atoms in total. The number of nitro benzene ring substituents is 1. The molecular weight excluding hydrogens is 378 g/mol. The average Bonchev–Trinajstić information content (AvgIpc) is 2.64. The van der Waals surface area contributed by atoms with E-state index in [1.165, 1.54) is 23.3 Å². The third kappa shape index (κ3) is 4.88. The number of likely N-dealkylation sites (tertiary alicyclic amines) is 1. The molecule has 2 aromatic rings. The molecule has 3 rings (SSSR count). The van der Waals surface area contributed by atoms with Crippen molar-refractivity contribution < 1.29 is 13.3 Å². The summed E-state index contributed by atoms with van der Waals surface area (Å²) in [5.41, 5.74) is 2.84. The SMILES string of the molecule is Cc1ccccc1CN1CCC(Nc2ccc([N+](=O)[O-])c(S(C)(=O)=O)c2)CC1. The lowest BCUT2D eigenvalue weighted by Crippen LogP contribution is -2.38. The van der Waals surface area contributed by atoms with Crippen molar-refractivity contribution in [2.75, 3.05) is 24.7 Å². The molecular formula is C20H25N3O4S. The molecule has 8 heteroatoms. The highest BCUT2D eigenvalue weighted by atomic mass is 32.2. The first kappa shape index (κ1) is 20.3. The summed E-state index contributed by atoms with van der Waals surface area (Å²) in [4.78, 5) is 12.6. The second-order valence-corrected chi connectivity index (χ2v) is 9.32. The van der Waals surface area contributed by atoms with Crippen LogP contribution < -0.4 is 5.32 Å². The number of nitrogens with zero attached hydrogens (tertiary/aromatic N) is 2. The number of anilines is 1. The van der Waals surface area contributed by atoms with Crippen molar-refractivity contribution in [3.8, 4) is 0 Å². The van der Waals surface area contributed by atoms with Gasteiger partial charge in [-0.1, -0.05) is 24.3 Å². The summed E-state index contributed by atoms with van der Waals surface area (Å²) in [6.45, 7) is 4.93. The van der Waals surface area contributed by atoms with E-state index in [2.05, 4.69) is 35.3 Å². The minimum Gasteiger partial charge on any atom is -0.382 e. The topological polar surface area (TPSA) is 92.5 Å². The molecule has 1 N–H and O–H groups in total. The van der Waals surface area contributed by atoms with E-state index in [-0.39, 0.29) is 16.6 Å². The van der Waals surface area contributed by atoms with Gasteiger partial charge in [0.05, 0.1) is 4.92 Å². The first-order valence-electron chi connectivity index (χ1n) is 9.26. The van der Waals surface area contributed by atoms with Gasteiger partial charge in [-0.05, 0) is 43.0 Å². The van der Waals surface area contributed by atoms with E-state index in [9.17, 15) is 18.5 Å². The average molecular weight is 404 g/mol. The summed E-state index contributed by atoms with van der Waals surface area (Å²) in [6, 6.07) is 12.8. The number of aryl methyl sites for hydroxylation is 1. The fourth-order valence-electron chi connectivity index (χ4n) is 3.55. The number of benzene rings is 2. The molecule has 0 aliphatic carbocycles. The Kier molecular flexibility index (Phi) is 6.00. The Bertz CT molecular complexity index is 967. The maximum atomic E-state index is 11.9. The van der Waals surface area contributed by atoms with E-state index in [1.54, 1.807) is 6.07 Å². The van der Waals surface area contributed by atoms with Crippen LogP contribution in [0.15, 0.2) is 47.4 Å². The third-order valence-corrected chi connectivity index (χ3v) is 6.30. The van der Waals surface area contributed by atoms with Gasteiger partial charge in [-0.25, -0.2) is 8.42 Å². The monoisotopic (exact) mass is 403 g/mol. The van der Waals surface area contributed by atoms with Crippen LogP contribution in [0.25, 0.3) is 0 Å². The van der Waals surface area contributed by atoms with Crippen LogP contribution >= 0.6 is 0 Å². The normalized spacial score (nSPS) is 16.1. The summed E-state index contributed by atoms with van der Waals surface area (Å²) in [7, 11) is -3.68. The molecule has 0 radical (unpaired) electrons. The van der Waals surface area contributed by atoms with E-state index in [0.29, 0.717) is 5.69 Å². The number of nitro groups is 1. The van der Waals surface area contributed by atoms with Gasteiger partial charge < -0.3 is 5.32 Å². The van der Waals surface area contributed by atoms with Crippen LogP contribution in [0.3, 0.4) is 0 Å². The minimum absolute atomic E-state index is 0.210. The van der Waals surface area contributed by atoms with Gasteiger partial charge in [-0.2, -0.15) is 0 Å². The maximum absolute atomic E-state index is 11.9. The zero-order valence-electron chi connectivity index (χ0n) is 16.1. The molecule has 0 amide bonds. The summed E-state index contributed by atoms with van der Waals surface area (Å²) < 4.78 is 23.8. The highest BCUT2D eigenvalue weighted by Crippen LogP contribution is 2.28. The van der Waals surface area contributed by atoms with Gasteiger partial charge in [0.25, 0.3) is 5.69 Å². The Balaban J connectivity index is 1.63. The molecule has 0 atom stereocenters. The van der Waals surface area contributed by atoms with Crippen molar-refractivity contribution in [1.82, 2.24) is 4.90 Å². The largest absolute Gasteiger partial charge is 0.382 e. The molecule has 28 heavy (non-hydrogen) atoms. The van der Waals surface area contributed by atoms with Crippen molar-refractivity contribution in [2.45, 2.75) is 37.2 Å². The van der Waals surface area contributed by atoms with Crippen LogP contribution in [0.1, 0.15) is 24.0 Å². The third-order valence-electron chi connectivity index (χ3n) is 5.17. The number of nitrogens with one attached hydrogen (secondary N) is 1. The fraction of sp³-hybridized carbons (Fsp3) is 0.400. The Morgan fingerprint density at radius 2 is 1.86 bits per heavy atom. The van der Waals surface area contributed by atoms with Crippen LogP contribution in [-0.4, -0.2) is 43.6 Å². The predicted octanol–water partition coefficient (Wildman–Crippen LogP) is 3.38. The molecule has 1 saturated heterocycles. The van der Waals surface area contributed by atoms with Gasteiger partial charge in [0.1, 0.15) is 4.90 Å². The van der Waals surface area contributed by atoms with Crippen molar-refractivity contribution in [2.24, 2.45) is 0 Å². The highest BCUT2D eigenvalue weighted by Gasteiger charge is 2.24. The standard InChI is InChI=1S/C20H25N3O4S/c1-15-5-3-4-6-16(15)14-22-11-9-17(10-12-22)21-18-7-8-19(23(24)25)20(13-18)28(2,26)27/h3-8,13,17,21H,9-12,14H2,1-2H3. The Morgan fingerprint density at radius 3 is 2.46 bits per heavy atom. The fourth-order valence-corrected chi connectivity index (χ4v) is 4.41. The molecule has 2 aromatic carbocycles. The van der Waals surface area contributed by atoms with Crippen molar-refractivity contribution in [3.05, 3.63) is 63.7 Å². The van der Waals surface area contributed by atoms with Gasteiger partial charge in [0.2, 0.25) is 0 Å². The predicted molar refractivity (Wildman–Crippen MR) is 109 cm³/mol. The maximum Gasteiger partial charge on any atom is 0.288 e. The molecule has 0 aromatic heterocycles. The summed E-state index contributed by atoms with van der Waals surface area (Å²) in [5.74, 6) is 0. The molecule has 1 aliphatic rings. The lowest BCUT2D eigenvalue weighted by molar-refractivity contribution is -0.387. The number of hydrogen-bond donors (Lipinski definition) is 1. The molecule has 150 valence electrons. The van der Waals surface area contributed by atoms with Crippen molar-refractivity contribution in [1.29, 1.82) is 0 Å². The number of rotatable bonds is 6. The Hall–Kier alpha value is -2.45. The van der Waals surface area contributed by atoms with Gasteiger partial charge in [0.15, 0.2) is 9.84 Å². The minimum atomic E-state index is -3.68. The smallest absolute Gasteiger partial charge is 0.288 e. The van der Waals surface area contributed by atoms with E-state index in [1.807, 2.05) is 6.07 Å². The summed E-state index contributed by atoms with van der Waals surface area (Å²) in [6.07, 6.45) is 2.84. The van der Waals surface area contributed by atoms with Gasteiger partial charge in [0, 0.05) is 43.7 Å². The lowest BCUT2D eigenvalue weighted by atomic mass is 10.0. The van der Waals surface area contributed by atoms with Gasteiger partial charge in [-0.3, -0.25) is 15.0 Å². The van der Waals surface area contributed by atoms with Crippen molar-refractivity contribution in [3.63, 3.8) is 0 Å². The second kappa shape index (κ2) is 8.28. The van der Waals surface area contributed by atoms with E-state index < -0.39 is 14.8 Å². The molecule has 0 saturated carbocycles. The van der Waals surface area contributed by atoms with Gasteiger partial charge in [-0.15, -0.1) is 0 Å². The number of piperidine rings is 1. The molecule has 0 bridgehead atoms. The molecule has 1 heterocycles. The highest BCUT2D eigenvalue weighted by molar-refractivity contribution is 7.90. The molecule has 1 aliphatic heterocycles. The zero-order chi connectivity index (χ0) is 20.3. The number of sulfone groups is 1. The first-order chi connectivity index (χ1) is 13.2. The molecule has 0 spiro atoms. The van der Waals surface area contributed by atoms with E-state index in [0.717, 1.165) is 38.7 Å². The quantitative estimate of drug-likeness (QED) is 0.587. The van der Waals surface area contributed by atoms with Crippen molar-refractivity contribution >= 4 is 21.2 Å². The zero-order valence-corrected chi connectivity index (χ0v) is 16.9.